The van der Waals surface area contributed by atoms with Gasteiger partial charge in [-0.1, -0.05) is 12.1 Å². The third kappa shape index (κ3) is 2.09. The third-order valence-electron chi connectivity index (χ3n) is 1.94. The Morgan fingerprint density at radius 3 is 2.71 bits per heavy atom. The molecule has 0 heterocycles. The first-order chi connectivity index (χ1) is 6.56. The van der Waals surface area contributed by atoms with Crippen LogP contribution in [0.2, 0.25) is 0 Å². The van der Waals surface area contributed by atoms with Crippen LogP contribution >= 0.6 is 0 Å². The molecule has 1 aromatic carbocycles. The van der Waals surface area contributed by atoms with Gasteiger partial charge in [0, 0.05) is 0 Å². The Hall–Kier alpha value is -1.42. The molecule has 0 aliphatic rings. The Bertz CT molecular complexity index is 349. The number of carbonyl (C=O) groups is 1. The van der Waals surface area contributed by atoms with Gasteiger partial charge in [0.05, 0.1) is 7.11 Å². The predicted octanol–water partition coefficient (Wildman–Crippen LogP) is 1.34. The van der Waals surface area contributed by atoms with Crippen LogP contribution in [0.15, 0.2) is 18.2 Å². The molecule has 0 saturated heterocycles. The van der Waals surface area contributed by atoms with Gasteiger partial charge in [0.2, 0.25) is 0 Å². The predicted molar refractivity (Wildman–Crippen MR) is 48.1 cm³/mol. The summed E-state index contributed by atoms with van der Waals surface area (Å²) in [6.45, 7) is 1.60. The average Bonchev–Trinajstić information content (AvgIpc) is 2.20. The van der Waals surface area contributed by atoms with Crippen molar-refractivity contribution in [1.82, 2.24) is 0 Å². The van der Waals surface area contributed by atoms with Gasteiger partial charge in [-0.2, -0.15) is 0 Å². The van der Waals surface area contributed by atoms with Gasteiger partial charge in [-0.25, -0.2) is 9.18 Å². The van der Waals surface area contributed by atoms with E-state index in [4.69, 9.17) is 0 Å². The molecule has 1 atom stereocenters. The van der Waals surface area contributed by atoms with Crippen LogP contribution in [0, 0.1) is 12.7 Å². The highest BCUT2D eigenvalue weighted by Gasteiger charge is 2.18. The van der Waals surface area contributed by atoms with E-state index in [2.05, 4.69) is 4.74 Å². The van der Waals surface area contributed by atoms with Crippen molar-refractivity contribution in [2.24, 2.45) is 0 Å². The highest BCUT2D eigenvalue weighted by Crippen LogP contribution is 2.17. The number of aliphatic hydroxyl groups excluding tert-OH is 1. The lowest BCUT2D eigenvalue weighted by Gasteiger charge is -2.08. The van der Waals surface area contributed by atoms with E-state index in [9.17, 15) is 14.3 Å². The number of methoxy groups -OCH3 is 1. The molecule has 0 bridgehead atoms. The molecule has 0 radical (unpaired) electrons. The normalized spacial score (nSPS) is 12.3. The van der Waals surface area contributed by atoms with Gasteiger partial charge in [0.25, 0.3) is 0 Å². The number of carbonyl (C=O) groups excluding carboxylic acids is 1. The Balaban J connectivity index is 2.96. The molecule has 1 rings (SSSR count). The highest BCUT2D eigenvalue weighted by atomic mass is 19.1. The lowest BCUT2D eigenvalue weighted by Crippen LogP contribution is -2.13. The van der Waals surface area contributed by atoms with Gasteiger partial charge < -0.3 is 9.84 Å². The zero-order valence-electron chi connectivity index (χ0n) is 7.95. The lowest BCUT2D eigenvalue weighted by molar-refractivity contribution is -0.150. The van der Waals surface area contributed by atoms with Crippen LogP contribution < -0.4 is 0 Å². The first-order valence-electron chi connectivity index (χ1n) is 4.08. The van der Waals surface area contributed by atoms with Crippen molar-refractivity contribution in [2.45, 2.75) is 13.0 Å². The zero-order chi connectivity index (χ0) is 10.7. The molecule has 0 fully saturated rings. The van der Waals surface area contributed by atoms with Crippen LogP contribution in [0.25, 0.3) is 0 Å². The van der Waals surface area contributed by atoms with Gasteiger partial charge in [0.1, 0.15) is 5.82 Å². The molecule has 0 spiro atoms. The van der Waals surface area contributed by atoms with Crippen LogP contribution in [0.1, 0.15) is 17.2 Å². The number of esters is 1. The summed E-state index contributed by atoms with van der Waals surface area (Å²) >= 11 is 0. The summed E-state index contributed by atoms with van der Waals surface area (Å²) < 4.78 is 17.4. The van der Waals surface area contributed by atoms with Crippen molar-refractivity contribution in [3.63, 3.8) is 0 Å². The molecule has 0 saturated carbocycles. The summed E-state index contributed by atoms with van der Waals surface area (Å²) in [4.78, 5) is 10.9. The number of aliphatic hydroxyl groups is 1. The molecule has 1 N–H and O–H groups in total. The Kier molecular flexibility index (Phi) is 3.19. The third-order valence-corrected chi connectivity index (χ3v) is 1.94. The maximum atomic E-state index is 13.0. The number of hydrogen-bond acceptors (Lipinski definition) is 3. The summed E-state index contributed by atoms with van der Waals surface area (Å²) in [7, 11) is 1.16. The molecule has 1 unspecified atom stereocenters. The minimum absolute atomic E-state index is 0.194. The number of halogens is 1. The molecular weight excluding hydrogens is 187 g/mol. The summed E-state index contributed by atoms with van der Waals surface area (Å²) in [6, 6.07) is 4.10. The summed E-state index contributed by atoms with van der Waals surface area (Å²) in [5.74, 6) is -1.25. The van der Waals surface area contributed by atoms with Crippen molar-refractivity contribution in [3.05, 3.63) is 35.1 Å². The zero-order valence-corrected chi connectivity index (χ0v) is 7.95. The number of aryl methyl sites for hydroxylation is 1. The van der Waals surface area contributed by atoms with Crippen molar-refractivity contribution in [1.29, 1.82) is 0 Å². The van der Waals surface area contributed by atoms with Crippen LogP contribution in [0.3, 0.4) is 0 Å². The fraction of sp³-hybridized carbons (Fsp3) is 0.300. The molecular formula is C10H11FO3. The number of rotatable bonds is 2. The van der Waals surface area contributed by atoms with Crippen molar-refractivity contribution < 1.29 is 19.0 Å². The van der Waals surface area contributed by atoms with Crippen LogP contribution in [-0.4, -0.2) is 18.2 Å². The van der Waals surface area contributed by atoms with Gasteiger partial charge in [-0.3, -0.25) is 0 Å². The Morgan fingerprint density at radius 2 is 2.21 bits per heavy atom. The molecule has 3 nitrogen and oxygen atoms in total. The first-order valence-corrected chi connectivity index (χ1v) is 4.08. The Labute approximate surface area is 81.1 Å². The van der Waals surface area contributed by atoms with E-state index in [1.54, 1.807) is 6.92 Å². The van der Waals surface area contributed by atoms with Crippen LogP contribution in [0.4, 0.5) is 4.39 Å². The van der Waals surface area contributed by atoms with E-state index in [0.717, 1.165) is 13.2 Å². The largest absolute Gasteiger partial charge is 0.467 e. The van der Waals surface area contributed by atoms with Crippen molar-refractivity contribution >= 4 is 5.97 Å². The summed E-state index contributed by atoms with van der Waals surface area (Å²) in [5.41, 5.74) is 0.658. The lowest BCUT2D eigenvalue weighted by atomic mass is 10.1. The van der Waals surface area contributed by atoms with Gasteiger partial charge in [-0.05, 0) is 24.1 Å². The van der Waals surface area contributed by atoms with E-state index in [0.29, 0.717) is 5.56 Å². The van der Waals surface area contributed by atoms with E-state index in [1.807, 2.05) is 0 Å². The van der Waals surface area contributed by atoms with Gasteiger partial charge >= 0.3 is 5.97 Å². The quantitative estimate of drug-likeness (QED) is 0.729. The first kappa shape index (κ1) is 10.7. The number of hydrogen-bond donors (Lipinski definition) is 1. The molecule has 4 heteroatoms. The SMILES string of the molecule is COC(=O)C(O)c1ccc(C)c(F)c1. The van der Waals surface area contributed by atoms with E-state index >= 15 is 0 Å². The molecule has 0 aromatic heterocycles. The molecule has 14 heavy (non-hydrogen) atoms. The fourth-order valence-electron chi connectivity index (χ4n) is 1.03. The second-order valence-electron chi connectivity index (χ2n) is 2.93. The van der Waals surface area contributed by atoms with Gasteiger partial charge in [0.15, 0.2) is 6.10 Å². The van der Waals surface area contributed by atoms with Crippen LogP contribution in [0.5, 0.6) is 0 Å². The minimum atomic E-state index is -1.42. The summed E-state index contributed by atoms with van der Waals surface area (Å²) in [5, 5.41) is 9.36. The topological polar surface area (TPSA) is 46.5 Å². The number of benzene rings is 1. The standard InChI is InChI=1S/C10H11FO3/c1-6-3-4-7(5-8(6)11)9(12)10(13)14-2/h3-5,9,12H,1-2H3. The maximum absolute atomic E-state index is 13.0. The van der Waals surface area contributed by atoms with E-state index in [-0.39, 0.29) is 5.56 Å². The Morgan fingerprint density at radius 1 is 1.57 bits per heavy atom. The molecule has 0 aliphatic carbocycles. The summed E-state index contributed by atoms with van der Waals surface area (Å²) in [6.07, 6.45) is -1.42. The highest BCUT2D eigenvalue weighted by molar-refractivity contribution is 5.76. The molecule has 0 aliphatic heterocycles. The number of ether oxygens (including phenoxy) is 1. The fourth-order valence-corrected chi connectivity index (χ4v) is 1.03. The second-order valence-corrected chi connectivity index (χ2v) is 2.93. The molecule has 0 amide bonds. The monoisotopic (exact) mass is 198 g/mol. The van der Waals surface area contributed by atoms with E-state index < -0.39 is 17.9 Å². The second kappa shape index (κ2) is 4.19. The van der Waals surface area contributed by atoms with Crippen LogP contribution in [-0.2, 0) is 9.53 Å². The molecule has 76 valence electrons. The molecule has 1 aromatic rings. The van der Waals surface area contributed by atoms with E-state index in [1.165, 1.54) is 12.1 Å². The minimum Gasteiger partial charge on any atom is -0.467 e. The maximum Gasteiger partial charge on any atom is 0.339 e. The average molecular weight is 198 g/mol. The van der Waals surface area contributed by atoms with Gasteiger partial charge in [-0.15, -0.1) is 0 Å². The van der Waals surface area contributed by atoms with Crippen molar-refractivity contribution in [2.75, 3.05) is 7.11 Å². The van der Waals surface area contributed by atoms with Crippen molar-refractivity contribution in [3.8, 4) is 0 Å². The smallest absolute Gasteiger partial charge is 0.339 e.